The summed E-state index contributed by atoms with van der Waals surface area (Å²) >= 11 is 0. The van der Waals surface area contributed by atoms with E-state index in [9.17, 15) is 4.79 Å². The van der Waals surface area contributed by atoms with E-state index in [2.05, 4.69) is 24.3 Å². The summed E-state index contributed by atoms with van der Waals surface area (Å²) in [4.78, 5) is 27.9. The SMILES string of the molecule is CN(C)c1ccc(N(C(N)=O)C2CCC(Nc3nc4c(c(N(C)C)n3)CCCC4)CC2)cc1. The third-order valence-electron chi connectivity index (χ3n) is 6.86. The summed E-state index contributed by atoms with van der Waals surface area (Å²) in [5.74, 6) is 1.77. The Labute approximate surface area is 197 Å². The second-order valence-corrected chi connectivity index (χ2v) is 9.67. The molecule has 0 spiro atoms. The molecule has 0 atom stereocenters. The van der Waals surface area contributed by atoms with Crippen LogP contribution in [-0.2, 0) is 12.8 Å². The van der Waals surface area contributed by atoms with Crippen molar-refractivity contribution in [2.45, 2.75) is 63.5 Å². The van der Waals surface area contributed by atoms with Gasteiger partial charge in [-0.3, -0.25) is 4.90 Å². The van der Waals surface area contributed by atoms with E-state index in [0.717, 1.165) is 61.7 Å². The van der Waals surface area contributed by atoms with Gasteiger partial charge in [0.15, 0.2) is 0 Å². The van der Waals surface area contributed by atoms with Crippen molar-refractivity contribution in [1.29, 1.82) is 0 Å². The van der Waals surface area contributed by atoms with E-state index < -0.39 is 6.03 Å². The largest absolute Gasteiger partial charge is 0.378 e. The van der Waals surface area contributed by atoms with E-state index in [1.165, 1.54) is 24.1 Å². The van der Waals surface area contributed by atoms with Gasteiger partial charge in [-0.05, 0) is 75.6 Å². The number of rotatable bonds is 6. The van der Waals surface area contributed by atoms with Crippen LogP contribution in [0.25, 0.3) is 0 Å². The highest BCUT2D eigenvalue weighted by molar-refractivity contribution is 5.91. The number of carbonyl (C=O) groups excluding carboxylic acids is 1. The molecule has 1 aromatic heterocycles. The van der Waals surface area contributed by atoms with Crippen molar-refractivity contribution in [2.75, 3.05) is 48.2 Å². The number of carbonyl (C=O) groups is 1. The van der Waals surface area contributed by atoms with Crippen molar-refractivity contribution < 1.29 is 4.79 Å². The number of aromatic nitrogens is 2. The number of benzene rings is 1. The van der Waals surface area contributed by atoms with Crippen LogP contribution >= 0.6 is 0 Å². The topological polar surface area (TPSA) is 90.6 Å². The number of nitrogens with two attached hydrogens (primary N) is 1. The van der Waals surface area contributed by atoms with Gasteiger partial charge >= 0.3 is 6.03 Å². The normalized spacial score (nSPS) is 20.0. The molecule has 8 heteroatoms. The van der Waals surface area contributed by atoms with Crippen LogP contribution in [0, 0.1) is 0 Å². The highest BCUT2D eigenvalue weighted by Crippen LogP contribution is 2.32. The van der Waals surface area contributed by atoms with Gasteiger partial charge < -0.3 is 20.9 Å². The molecule has 1 saturated carbocycles. The van der Waals surface area contributed by atoms with Crippen molar-refractivity contribution in [3.63, 3.8) is 0 Å². The minimum Gasteiger partial charge on any atom is -0.378 e. The van der Waals surface area contributed by atoms with Crippen LogP contribution in [0.3, 0.4) is 0 Å². The molecule has 2 aliphatic carbocycles. The Hall–Kier alpha value is -3.03. The van der Waals surface area contributed by atoms with Crippen molar-refractivity contribution in [2.24, 2.45) is 5.73 Å². The lowest BCUT2D eigenvalue weighted by atomic mass is 9.90. The molecule has 4 rings (SSSR count). The first-order chi connectivity index (χ1) is 15.8. The number of nitrogens with one attached hydrogen (secondary N) is 1. The summed E-state index contributed by atoms with van der Waals surface area (Å²) in [6, 6.07) is 8.01. The predicted octanol–water partition coefficient (Wildman–Crippen LogP) is 3.80. The molecule has 3 N–H and O–H groups in total. The van der Waals surface area contributed by atoms with E-state index in [4.69, 9.17) is 15.7 Å². The maximum atomic E-state index is 12.3. The molecule has 2 aromatic rings. The van der Waals surface area contributed by atoms with Crippen molar-refractivity contribution in [1.82, 2.24) is 9.97 Å². The maximum absolute atomic E-state index is 12.3. The summed E-state index contributed by atoms with van der Waals surface area (Å²) in [6.07, 6.45) is 8.17. The van der Waals surface area contributed by atoms with Gasteiger partial charge in [0.25, 0.3) is 0 Å². The molecule has 1 heterocycles. The highest BCUT2D eigenvalue weighted by Gasteiger charge is 2.30. The van der Waals surface area contributed by atoms with E-state index >= 15 is 0 Å². The van der Waals surface area contributed by atoms with E-state index in [-0.39, 0.29) is 6.04 Å². The number of nitrogens with zero attached hydrogens (tertiary/aromatic N) is 5. The zero-order valence-corrected chi connectivity index (χ0v) is 20.3. The molecule has 0 saturated heterocycles. The van der Waals surface area contributed by atoms with Crippen molar-refractivity contribution in [3.8, 4) is 0 Å². The van der Waals surface area contributed by atoms with Gasteiger partial charge in [-0.25, -0.2) is 9.78 Å². The van der Waals surface area contributed by atoms with E-state index in [0.29, 0.717) is 6.04 Å². The van der Waals surface area contributed by atoms with Gasteiger partial charge in [-0.2, -0.15) is 4.98 Å². The number of amides is 2. The molecule has 33 heavy (non-hydrogen) atoms. The number of anilines is 4. The Morgan fingerprint density at radius 1 is 0.909 bits per heavy atom. The lowest BCUT2D eigenvalue weighted by Crippen LogP contribution is -2.46. The molecule has 1 fully saturated rings. The van der Waals surface area contributed by atoms with E-state index in [1.54, 1.807) is 4.90 Å². The second-order valence-electron chi connectivity index (χ2n) is 9.67. The van der Waals surface area contributed by atoms with Crippen LogP contribution in [0.2, 0.25) is 0 Å². The lowest BCUT2D eigenvalue weighted by Gasteiger charge is -2.36. The van der Waals surface area contributed by atoms with Crippen molar-refractivity contribution in [3.05, 3.63) is 35.5 Å². The Bertz CT molecular complexity index is 965. The van der Waals surface area contributed by atoms with Gasteiger partial charge in [0.2, 0.25) is 5.95 Å². The minimum absolute atomic E-state index is 0.104. The summed E-state index contributed by atoms with van der Waals surface area (Å²) < 4.78 is 0. The molecular weight excluding hydrogens is 414 g/mol. The summed E-state index contributed by atoms with van der Waals surface area (Å²) in [5, 5.41) is 3.59. The fourth-order valence-corrected chi connectivity index (χ4v) is 5.10. The second kappa shape index (κ2) is 9.85. The number of hydrogen-bond acceptors (Lipinski definition) is 6. The molecule has 0 aliphatic heterocycles. The van der Waals surface area contributed by atoms with Crippen LogP contribution in [0.5, 0.6) is 0 Å². The number of urea groups is 1. The Morgan fingerprint density at radius 3 is 2.15 bits per heavy atom. The molecule has 0 radical (unpaired) electrons. The fraction of sp³-hybridized carbons (Fsp3) is 0.560. The third-order valence-corrected chi connectivity index (χ3v) is 6.86. The first-order valence-corrected chi connectivity index (χ1v) is 12.0. The number of primary amides is 1. The lowest BCUT2D eigenvalue weighted by molar-refractivity contribution is 0.248. The average Bonchev–Trinajstić information content (AvgIpc) is 2.80. The van der Waals surface area contributed by atoms with Crippen LogP contribution < -0.4 is 25.8 Å². The zero-order chi connectivity index (χ0) is 23.5. The Morgan fingerprint density at radius 2 is 1.55 bits per heavy atom. The van der Waals surface area contributed by atoms with Crippen LogP contribution in [0.4, 0.5) is 27.9 Å². The monoisotopic (exact) mass is 451 g/mol. The van der Waals surface area contributed by atoms with Gasteiger partial charge in [0.1, 0.15) is 5.82 Å². The van der Waals surface area contributed by atoms with Gasteiger partial charge in [0.05, 0.1) is 5.69 Å². The quantitative estimate of drug-likeness (QED) is 0.694. The molecule has 178 valence electrons. The first-order valence-electron chi connectivity index (χ1n) is 12.0. The van der Waals surface area contributed by atoms with Gasteiger partial charge in [-0.15, -0.1) is 0 Å². The van der Waals surface area contributed by atoms with Crippen LogP contribution in [-0.4, -0.2) is 56.3 Å². The number of fused-ring (bicyclic) bond motifs is 1. The number of hydrogen-bond donors (Lipinski definition) is 2. The molecule has 0 bridgehead atoms. The molecular formula is C25H37N7O. The molecule has 2 aliphatic rings. The number of aryl methyl sites for hydroxylation is 1. The first kappa shape index (κ1) is 23.1. The zero-order valence-electron chi connectivity index (χ0n) is 20.3. The molecule has 1 aromatic carbocycles. The third kappa shape index (κ3) is 5.15. The highest BCUT2D eigenvalue weighted by atomic mass is 16.2. The summed E-state index contributed by atoms with van der Waals surface area (Å²) in [5.41, 5.74) is 10.3. The van der Waals surface area contributed by atoms with Crippen molar-refractivity contribution >= 4 is 29.2 Å². The van der Waals surface area contributed by atoms with Gasteiger partial charge in [0, 0.05) is 57.2 Å². The summed E-state index contributed by atoms with van der Waals surface area (Å²) in [7, 11) is 8.11. The van der Waals surface area contributed by atoms with Crippen LogP contribution in [0.1, 0.15) is 49.8 Å². The Kier molecular flexibility index (Phi) is 6.91. The minimum atomic E-state index is -0.391. The molecule has 0 unspecified atom stereocenters. The Balaban J connectivity index is 1.43. The maximum Gasteiger partial charge on any atom is 0.319 e. The average molecular weight is 452 g/mol. The fourth-order valence-electron chi connectivity index (χ4n) is 5.10. The summed E-state index contributed by atoms with van der Waals surface area (Å²) in [6.45, 7) is 0. The smallest absolute Gasteiger partial charge is 0.319 e. The van der Waals surface area contributed by atoms with Crippen LogP contribution in [0.15, 0.2) is 24.3 Å². The standard InChI is InChI=1S/C25H37N7O/c1-30(2)18-13-15-20(16-14-18)32(24(26)33)19-11-9-17(10-12-19)27-25-28-22-8-6-5-7-21(22)23(29-25)31(3)4/h13-17,19H,5-12H2,1-4H3,(H2,26,33)(H,27,28,29). The van der Waals surface area contributed by atoms with E-state index in [1.807, 2.05) is 43.3 Å². The molecule has 2 amide bonds. The molecule has 8 nitrogen and oxygen atoms in total. The predicted molar refractivity (Wildman–Crippen MR) is 135 cm³/mol. The van der Waals surface area contributed by atoms with Gasteiger partial charge in [-0.1, -0.05) is 0 Å².